The minimum atomic E-state index is -0.404. The number of fused-ring (bicyclic) bond motifs is 6. The van der Waals surface area contributed by atoms with Crippen molar-refractivity contribution in [2.24, 2.45) is 63.3 Å². The Kier molecular flexibility index (Phi) is 7.98. The first-order valence-corrected chi connectivity index (χ1v) is 15.8. The Labute approximate surface area is 236 Å². The van der Waals surface area contributed by atoms with Gasteiger partial charge in [0.1, 0.15) is 5.70 Å². The highest BCUT2D eigenvalue weighted by Crippen LogP contribution is 2.69. The van der Waals surface area contributed by atoms with Gasteiger partial charge in [0.05, 0.1) is 14.2 Å². The first-order valence-electron chi connectivity index (χ1n) is 15.8. The minimum absolute atomic E-state index is 0.122. The van der Waals surface area contributed by atoms with E-state index in [0.717, 1.165) is 48.0 Å². The van der Waals surface area contributed by atoms with Gasteiger partial charge < -0.3 is 9.47 Å². The Balaban J connectivity index is 1.39. The van der Waals surface area contributed by atoms with Crippen LogP contribution in [-0.4, -0.2) is 31.9 Å². The zero-order valence-electron chi connectivity index (χ0n) is 25.5. The molecule has 0 radical (unpaired) electrons. The number of nitrogens with one attached hydrogen (secondary N) is 1. The summed E-state index contributed by atoms with van der Waals surface area (Å²) in [5.41, 5.74) is 5.34. The van der Waals surface area contributed by atoms with E-state index in [0.29, 0.717) is 28.7 Å². The maximum atomic E-state index is 12.8. The summed E-state index contributed by atoms with van der Waals surface area (Å²) in [6.45, 7) is 12.4. The summed E-state index contributed by atoms with van der Waals surface area (Å²) in [7, 11) is 2.82. The number of carbonyl (C=O) groups excluding carboxylic acids is 2. The molecule has 4 fully saturated rings. The van der Waals surface area contributed by atoms with Crippen LogP contribution in [0.3, 0.4) is 0 Å². The van der Waals surface area contributed by atoms with Crippen molar-refractivity contribution in [3.63, 3.8) is 0 Å². The molecule has 4 aliphatic carbocycles. The van der Waals surface area contributed by atoms with Gasteiger partial charge in [-0.25, -0.2) is 9.59 Å². The highest BCUT2D eigenvalue weighted by molar-refractivity contribution is 6.38. The van der Waals surface area contributed by atoms with Gasteiger partial charge in [0.25, 0.3) is 0 Å². The number of methoxy groups -OCH3 is 2. The normalized spacial score (nSPS) is 39.9. The number of nitrogens with zero attached hydrogens (tertiary/aromatic N) is 1. The van der Waals surface area contributed by atoms with Crippen molar-refractivity contribution in [2.45, 2.75) is 105 Å². The molecule has 1 aliphatic heterocycles. The summed E-state index contributed by atoms with van der Waals surface area (Å²) in [5.74, 6) is 4.28. The number of esters is 2. The van der Waals surface area contributed by atoms with Gasteiger partial charge in [0.2, 0.25) is 0 Å². The Morgan fingerprint density at radius 2 is 1.67 bits per heavy atom. The number of hydrazone groups is 1. The fraction of sp³-hybridized carbons (Fsp3) is 0.848. The standard InChI is InChI=1S/C33H52N2O4/c1-19(2)9-8-10-20(3)25-13-14-26-22-12-11-21-17-23-24(18-33(21,5)27(22)15-16-32(25,26)4)29(31(37)39-7)35-34-28(23)30(36)38-6/h19-23,25-27,35H,8-18H2,1-7H3. The zero-order valence-corrected chi connectivity index (χ0v) is 25.5. The Morgan fingerprint density at radius 1 is 0.949 bits per heavy atom. The van der Waals surface area contributed by atoms with Gasteiger partial charge in [0, 0.05) is 5.92 Å². The first kappa shape index (κ1) is 28.7. The van der Waals surface area contributed by atoms with E-state index in [4.69, 9.17) is 9.47 Å². The van der Waals surface area contributed by atoms with Crippen molar-refractivity contribution in [3.8, 4) is 0 Å². The van der Waals surface area contributed by atoms with Gasteiger partial charge in [-0.2, -0.15) is 5.10 Å². The van der Waals surface area contributed by atoms with E-state index in [1.807, 2.05) is 0 Å². The monoisotopic (exact) mass is 540 g/mol. The van der Waals surface area contributed by atoms with Gasteiger partial charge in [-0.1, -0.05) is 53.9 Å². The molecule has 6 heteroatoms. The predicted molar refractivity (Wildman–Crippen MR) is 154 cm³/mol. The summed E-state index contributed by atoms with van der Waals surface area (Å²) in [6.07, 6.45) is 13.7. The molecule has 0 bridgehead atoms. The molecule has 218 valence electrons. The van der Waals surface area contributed by atoms with Crippen LogP contribution in [0.25, 0.3) is 0 Å². The van der Waals surface area contributed by atoms with Crippen molar-refractivity contribution in [1.29, 1.82) is 0 Å². The molecule has 0 saturated heterocycles. The zero-order chi connectivity index (χ0) is 28.1. The van der Waals surface area contributed by atoms with Gasteiger partial charge >= 0.3 is 11.9 Å². The van der Waals surface area contributed by atoms with Crippen LogP contribution in [0.2, 0.25) is 0 Å². The maximum Gasteiger partial charge on any atom is 0.355 e. The lowest BCUT2D eigenvalue weighted by molar-refractivity contribution is -0.138. The molecule has 0 aromatic heterocycles. The lowest BCUT2D eigenvalue weighted by Gasteiger charge is -2.62. The average molecular weight is 541 g/mol. The van der Waals surface area contributed by atoms with E-state index in [-0.39, 0.29) is 11.3 Å². The second kappa shape index (κ2) is 10.9. The smallest absolute Gasteiger partial charge is 0.355 e. The topological polar surface area (TPSA) is 77.0 Å². The minimum Gasteiger partial charge on any atom is -0.464 e. The number of ether oxygens (including phenoxy) is 2. The molecule has 0 amide bonds. The highest BCUT2D eigenvalue weighted by Gasteiger charge is 2.62. The molecule has 6 nitrogen and oxygen atoms in total. The van der Waals surface area contributed by atoms with Gasteiger partial charge in [-0.15, -0.1) is 0 Å². The molecule has 5 rings (SSSR count). The number of allylic oxidation sites excluding steroid dienone is 1. The molecule has 1 heterocycles. The quantitative estimate of drug-likeness (QED) is 0.356. The molecule has 9 atom stereocenters. The van der Waals surface area contributed by atoms with Crippen LogP contribution in [0.1, 0.15) is 105 Å². The lowest BCUT2D eigenvalue weighted by Crippen LogP contribution is -2.55. The molecule has 0 aromatic carbocycles. The molecular weight excluding hydrogens is 488 g/mol. The highest BCUT2D eigenvalue weighted by atomic mass is 16.5. The van der Waals surface area contributed by atoms with E-state index < -0.39 is 11.9 Å². The predicted octanol–water partition coefficient (Wildman–Crippen LogP) is 6.89. The fourth-order valence-corrected chi connectivity index (χ4v) is 10.6. The second-order valence-corrected chi connectivity index (χ2v) is 14.6. The van der Waals surface area contributed by atoms with E-state index in [9.17, 15) is 9.59 Å². The molecule has 0 spiro atoms. The Hall–Kier alpha value is -1.85. The van der Waals surface area contributed by atoms with Gasteiger partial charge in [-0.3, -0.25) is 5.43 Å². The summed E-state index contributed by atoms with van der Waals surface area (Å²) in [5, 5.41) is 4.32. The second-order valence-electron chi connectivity index (χ2n) is 14.6. The summed E-state index contributed by atoms with van der Waals surface area (Å²) in [6, 6.07) is 0. The van der Waals surface area contributed by atoms with Crippen molar-refractivity contribution in [3.05, 3.63) is 11.3 Å². The summed E-state index contributed by atoms with van der Waals surface area (Å²) in [4.78, 5) is 25.4. The van der Waals surface area contributed by atoms with Crippen LogP contribution >= 0.6 is 0 Å². The lowest BCUT2D eigenvalue weighted by atomic mass is 9.43. The summed E-state index contributed by atoms with van der Waals surface area (Å²) >= 11 is 0. The van der Waals surface area contributed by atoms with Crippen molar-refractivity contribution in [2.75, 3.05) is 14.2 Å². The number of rotatable bonds is 7. The number of hydrogen-bond donors (Lipinski definition) is 1. The molecule has 9 unspecified atom stereocenters. The number of carbonyl (C=O) groups is 2. The third-order valence-electron chi connectivity index (χ3n) is 12.5. The van der Waals surface area contributed by atoms with Crippen LogP contribution in [0.5, 0.6) is 0 Å². The van der Waals surface area contributed by atoms with E-state index in [1.54, 1.807) is 0 Å². The molecule has 39 heavy (non-hydrogen) atoms. The average Bonchev–Trinajstić information content (AvgIpc) is 3.27. The van der Waals surface area contributed by atoms with Crippen LogP contribution in [-0.2, 0) is 19.1 Å². The van der Waals surface area contributed by atoms with E-state index in [1.165, 1.54) is 72.0 Å². The summed E-state index contributed by atoms with van der Waals surface area (Å²) < 4.78 is 10.2. The van der Waals surface area contributed by atoms with Gasteiger partial charge in [-0.05, 0) is 109 Å². The molecule has 5 aliphatic rings. The van der Waals surface area contributed by atoms with E-state index in [2.05, 4.69) is 45.1 Å². The third kappa shape index (κ3) is 4.76. The molecular formula is C33H52N2O4. The van der Waals surface area contributed by atoms with Crippen molar-refractivity contribution in [1.82, 2.24) is 5.43 Å². The fourth-order valence-electron chi connectivity index (χ4n) is 10.6. The number of hydrogen-bond acceptors (Lipinski definition) is 6. The van der Waals surface area contributed by atoms with Crippen molar-refractivity contribution < 1.29 is 19.1 Å². The SMILES string of the molecule is COC(=O)C1=NNC(C(=O)OC)=C2CC3(C)C(CCC4C3CCC3(C)C(C(C)CCCC(C)C)CCC43)CC12. The molecule has 1 N–H and O–H groups in total. The van der Waals surface area contributed by atoms with E-state index >= 15 is 0 Å². The first-order chi connectivity index (χ1) is 18.5. The largest absolute Gasteiger partial charge is 0.464 e. The van der Waals surface area contributed by atoms with Crippen LogP contribution in [0.4, 0.5) is 0 Å². The van der Waals surface area contributed by atoms with Crippen LogP contribution in [0.15, 0.2) is 16.4 Å². The molecule has 4 saturated carbocycles. The third-order valence-corrected chi connectivity index (χ3v) is 12.5. The maximum absolute atomic E-state index is 12.8. The Bertz CT molecular complexity index is 1030. The van der Waals surface area contributed by atoms with Crippen molar-refractivity contribution >= 4 is 17.7 Å². The van der Waals surface area contributed by atoms with Crippen LogP contribution < -0.4 is 5.43 Å². The molecule has 0 aromatic rings. The van der Waals surface area contributed by atoms with Crippen LogP contribution in [0, 0.1) is 58.2 Å². The Morgan fingerprint density at radius 3 is 2.36 bits per heavy atom. The van der Waals surface area contributed by atoms with Gasteiger partial charge in [0.15, 0.2) is 5.71 Å².